The van der Waals surface area contributed by atoms with E-state index in [1.807, 2.05) is 23.1 Å². The largest absolute Gasteiger partial charge is 0.338 e. The molecule has 2 aromatic heterocycles. The maximum absolute atomic E-state index is 4.48. The second kappa shape index (κ2) is 4.99. The Morgan fingerprint density at radius 1 is 1.26 bits per heavy atom. The van der Waals surface area contributed by atoms with Crippen LogP contribution in [0.25, 0.3) is 0 Å². The first-order valence-electron chi connectivity index (χ1n) is 6.51. The minimum atomic E-state index is -0.0192. The van der Waals surface area contributed by atoms with Crippen molar-refractivity contribution in [1.29, 1.82) is 0 Å². The molecular weight excluding hydrogens is 238 g/mol. The van der Waals surface area contributed by atoms with Gasteiger partial charge in [-0.15, -0.1) is 0 Å². The molecule has 0 aliphatic rings. The van der Waals surface area contributed by atoms with Gasteiger partial charge in [0, 0.05) is 18.3 Å². The summed E-state index contributed by atoms with van der Waals surface area (Å²) in [7, 11) is 0. The third kappa shape index (κ3) is 3.30. The van der Waals surface area contributed by atoms with Crippen molar-refractivity contribution in [3.8, 4) is 0 Å². The van der Waals surface area contributed by atoms with Gasteiger partial charge < -0.3 is 5.32 Å². The van der Waals surface area contributed by atoms with Crippen molar-refractivity contribution in [1.82, 2.24) is 19.7 Å². The molecule has 19 heavy (non-hydrogen) atoms. The zero-order chi connectivity index (χ0) is 14.0. The van der Waals surface area contributed by atoms with Crippen molar-refractivity contribution in [2.75, 3.05) is 5.32 Å². The maximum atomic E-state index is 4.48. The van der Waals surface area contributed by atoms with Crippen LogP contribution in [0.1, 0.15) is 46.4 Å². The summed E-state index contributed by atoms with van der Waals surface area (Å²) in [6.45, 7) is 10.5. The molecule has 0 unspecified atom stereocenters. The molecule has 5 heteroatoms. The van der Waals surface area contributed by atoms with Crippen LogP contribution in [0, 0.1) is 0 Å². The van der Waals surface area contributed by atoms with Gasteiger partial charge in [0.2, 0.25) is 0 Å². The number of nitrogens with zero attached hydrogens (tertiary/aromatic N) is 4. The predicted molar refractivity (Wildman–Crippen MR) is 76.6 cm³/mol. The van der Waals surface area contributed by atoms with Gasteiger partial charge in [-0.1, -0.05) is 13.8 Å². The van der Waals surface area contributed by atoms with E-state index in [9.17, 15) is 0 Å². The van der Waals surface area contributed by atoms with E-state index >= 15 is 0 Å². The lowest BCUT2D eigenvalue weighted by Crippen LogP contribution is -2.21. The molecule has 0 fully saturated rings. The zero-order valence-electron chi connectivity index (χ0n) is 12.2. The SMILES string of the molecule is CC(C)c1nccc(Nc2cnn(C(C)(C)C)c2)n1. The Labute approximate surface area is 114 Å². The Bertz CT molecular complexity index is 551. The van der Waals surface area contributed by atoms with E-state index in [-0.39, 0.29) is 5.54 Å². The Morgan fingerprint density at radius 3 is 2.58 bits per heavy atom. The lowest BCUT2D eigenvalue weighted by molar-refractivity contribution is 0.355. The van der Waals surface area contributed by atoms with E-state index in [2.05, 4.69) is 55.0 Å². The van der Waals surface area contributed by atoms with E-state index in [1.54, 1.807) is 6.20 Å². The molecular formula is C14H21N5. The van der Waals surface area contributed by atoms with Gasteiger partial charge >= 0.3 is 0 Å². The molecule has 0 saturated carbocycles. The van der Waals surface area contributed by atoms with Gasteiger partial charge in [0.25, 0.3) is 0 Å². The molecule has 0 aliphatic carbocycles. The number of hydrogen-bond acceptors (Lipinski definition) is 4. The first-order chi connectivity index (χ1) is 8.86. The normalized spacial score (nSPS) is 11.9. The summed E-state index contributed by atoms with van der Waals surface area (Å²) in [5.41, 5.74) is 0.914. The fourth-order valence-corrected chi connectivity index (χ4v) is 1.62. The molecule has 102 valence electrons. The van der Waals surface area contributed by atoms with Crippen LogP contribution in [0.15, 0.2) is 24.7 Å². The van der Waals surface area contributed by atoms with Crippen molar-refractivity contribution in [2.45, 2.75) is 46.1 Å². The highest BCUT2D eigenvalue weighted by Gasteiger charge is 2.14. The predicted octanol–water partition coefficient (Wildman–Crippen LogP) is 3.30. The summed E-state index contributed by atoms with van der Waals surface area (Å²) in [6.07, 6.45) is 5.57. The third-order valence-corrected chi connectivity index (χ3v) is 2.73. The summed E-state index contributed by atoms with van der Waals surface area (Å²) in [5.74, 6) is 1.96. The zero-order valence-corrected chi connectivity index (χ0v) is 12.2. The molecule has 2 aromatic rings. The summed E-state index contributed by atoms with van der Waals surface area (Å²) >= 11 is 0. The summed E-state index contributed by atoms with van der Waals surface area (Å²) < 4.78 is 1.93. The summed E-state index contributed by atoms with van der Waals surface area (Å²) in [4.78, 5) is 8.73. The number of anilines is 2. The van der Waals surface area contributed by atoms with Crippen LogP contribution in [0.3, 0.4) is 0 Å². The first kappa shape index (κ1) is 13.5. The smallest absolute Gasteiger partial charge is 0.134 e. The molecule has 0 aromatic carbocycles. The molecule has 5 nitrogen and oxygen atoms in total. The molecule has 0 amide bonds. The van der Waals surface area contributed by atoms with Crippen molar-refractivity contribution < 1.29 is 0 Å². The molecule has 0 radical (unpaired) electrons. The molecule has 0 atom stereocenters. The molecule has 1 N–H and O–H groups in total. The van der Waals surface area contributed by atoms with Crippen LogP contribution in [0.5, 0.6) is 0 Å². The quantitative estimate of drug-likeness (QED) is 0.919. The van der Waals surface area contributed by atoms with E-state index in [0.29, 0.717) is 5.92 Å². The lowest BCUT2D eigenvalue weighted by atomic mass is 10.1. The Hall–Kier alpha value is -1.91. The topological polar surface area (TPSA) is 55.6 Å². The van der Waals surface area contributed by atoms with Crippen LogP contribution >= 0.6 is 0 Å². The first-order valence-corrected chi connectivity index (χ1v) is 6.51. The number of nitrogens with one attached hydrogen (secondary N) is 1. The molecule has 0 aliphatic heterocycles. The van der Waals surface area contributed by atoms with Crippen LogP contribution in [-0.4, -0.2) is 19.7 Å². The van der Waals surface area contributed by atoms with Crippen molar-refractivity contribution >= 4 is 11.5 Å². The fraction of sp³-hybridized carbons (Fsp3) is 0.500. The Morgan fingerprint density at radius 2 is 2.00 bits per heavy atom. The van der Waals surface area contributed by atoms with Crippen LogP contribution in [0.2, 0.25) is 0 Å². The molecule has 0 bridgehead atoms. The van der Waals surface area contributed by atoms with Crippen LogP contribution in [0.4, 0.5) is 11.5 Å². The van der Waals surface area contributed by atoms with Crippen molar-refractivity contribution in [2.24, 2.45) is 0 Å². The Kier molecular flexibility index (Phi) is 3.55. The van der Waals surface area contributed by atoms with Gasteiger partial charge in [-0.3, -0.25) is 4.68 Å². The van der Waals surface area contributed by atoms with E-state index in [1.165, 1.54) is 0 Å². The summed E-state index contributed by atoms with van der Waals surface area (Å²) in [6, 6.07) is 1.86. The highest BCUT2D eigenvalue weighted by Crippen LogP contribution is 2.19. The second-order valence-corrected chi connectivity index (χ2v) is 5.92. The minimum absolute atomic E-state index is 0.0192. The highest BCUT2D eigenvalue weighted by molar-refractivity contribution is 5.53. The molecule has 2 heterocycles. The van der Waals surface area contributed by atoms with E-state index < -0.39 is 0 Å². The Balaban J connectivity index is 2.17. The molecule has 0 saturated heterocycles. The van der Waals surface area contributed by atoms with Crippen LogP contribution < -0.4 is 5.32 Å². The maximum Gasteiger partial charge on any atom is 0.134 e. The number of aromatic nitrogens is 4. The average Bonchev–Trinajstić information content (AvgIpc) is 2.77. The number of hydrogen-bond donors (Lipinski definition) is 1. The van der Waals surface area contributed by atoms with Crippen LogP contribution in [-0.2, 0) is 5.54 Å². The van der Waals surface area contributed by atoms with E-state index in [0.717, 1.165) is 17.3 Å². The fourth-order valence-electron chi connectivity index (χ4n) is 1.62. The van der Waals surface area contributed by atoms with Gasteiger partial charge in [-0.25, -0.2) is 9.97 Å². The second-order valence-electron chi connectivity index (χ2n) is 5.92. The van der Waals surface area contributed by atoms with Gasteiger partial charge in [0.05, 0.1) is 17.4 Å². The lowest BCUT2D eigenvalue weighted by Gasteiger charge is -2.18. The van der Waals surface area contributed by atoms with Gasteiger partial charge in [-0.2, -0.15) is 5.10 Å². The average molecular weight is 259 g/mol. The minimum Gasteiger partial charge on any atom is -0.338 e. The summed E-state index contributed by atoms with van der Waals surface area (Å²) in [5, 5.41) is 7.61. The molecule has 2 rings (SSSR count). The van der Waals surface area contributed by atoms with E-state index in [4.69, 9.17) is 0 Å². The van der Waals surface area contributed by atoms with Gasteiger partial charge in [0.15, 0.2) is 0 Å². The van der Waals surface area contributed by atoms with Crippen molar-refractivity contribution in [3.63, 3.8) is 0 Å². The molecule has 0 spiro atoms. The van der Waals surface area contributed by atoms with Gasteiger partial charge in [-0.05, 0) is 26.8 Å². The number of rotatable bonds is 3. The van der Waals surface area contributed by atoms with Crippen molar-refractivity contribution in [3.05, 3.63) is 30.5 Å². The monoisotopic (exact) mass is 259 g/mol. The highest BCUT2D eigenvalue weighted by atomic mass is 15.3. The standard InChI is InChI=1S/C14H21N5/c1-10(2)13-15-7-6-12(18-13)17-11-8-16-19(9-11)14(3,4)5/h6-10H,1-5H3,(H,15,17,18). The third-order valence-electron chi connectivity index (χ3n) is 2.73. The van der Waals surface area contributed by atoms with Gasteiger partial charge in [0.1, 0.15) is 11.6 Å².